The molecule has 2 aromatic heterocycles. The van der Waals surface area contributed by atoms with E-state index in [4.69, 9.17) is 34.3 Å². The van der Waals surface area contributed by atoms with Crippen LogP contribution in [-0.4, -0.2) is 15.1 Å². The Kier molecular flexibility index (Phi) is 5.06. The summed E-state index contributed by atoms with van der Waals surface area (Å²) in [5, 5.41) is 8.77. The molecule has 0 aliphatic rings. The van der Waals surface area contributed by atoms with Crippen LogP contribution < -0.4 is 5.73 Å². The molecule has 3 rings (SSSR count). The predicted octanol–water partition coefficient (Wildman–Crippen LogP) is 4.67. The van der Waals surface area contributed by atoms with Crippen LogP contribution in [-0.2, 0) is 0 Å². The largest absolute Gasteiger partial charge is 0.398 e. The van der Waals surface area contributed by atoms with E-state index in [2.05, 4.69) is 9.97 Å². The first-order valence-corrected chi connectivity index (χ1v) is 7.34. The van der Waals surface area contributed by atoms with Crippen molar-refractivity contribution in [3.05, 3.63) is 58.5 Å². The van der Waals surface area contributed by atoms with E-state index >= 15 is 0 Å². The minimum atomic E-state index is -0.0116. The summed E-state index contributed by atoms with van der Waals surface area (Å²) in [6.07, 6.45) is 1.74. The van der Waals surface area contributed by atoms with Crippen LogP contribution in [0.5, 0.6) is 0 Å². The summed E-state index contributed by atoms with van der Waals surface area (Å²) in [6, 6.07) is 9.32. The highest BCUT2D eigenvalue weighted by Gasteiger charge is 2.01. The van der Waals surface area contributed by atoms with Gasteiger partial charge in [0.1, 0.15) is 10.3 Å². The number of anilines is 1. The number of aryl methyl sites for hydroxylation is 2. The van der Waals surface area contributed by atoms with Gasteiger partial charge in [-0.1, -0.05) is 29.3 Å². The number of aromatic nitrogens is 2. The normalized spacial score (nSPS) is 10.2. The van der Waals surface area contributed by atoms with Crippen molar-refractivity contribution in [1.29, 1.82) is 5.41 Å². The van der Waals surface area contributed by atoms with Gasteiger partial charge in [0.25, 0.3) is 0 Å². The fraction of sp³-hybridized carbons (Fsp3) is 0.125. The molecule has 4 N–H and O–H groups in total. The molecule has 0 amide bonds. The Bertz CT molecular complexity index is 824. The number of nitrogen functional groups attached to an aromatic ring is 1. The van der Waals surface area contributed by atoms with Gasteiger partial charge in [0.05, 0.1) is 11.7 Å². The lowest BCUT2D eigenvalue weighted by molar-refractivity contribution is 1.28. The second kappa shape index (κ2) is 6.81. The molecule has 4 nitrogen and oxygen atoms in total. The van der Waals surface area contributed by atoms with Crippen LogP contribution in [0.15, 0.2) is 36.5 Å². The fourth-order valence-electron chi connectivity index (χ4n) is 2.03. The Morgan fingerprint density at radius 3 is 2.59 bits per heavy atom. The van der Waals surface area contributed by atoms with Crippen molar-refractivity contribution in [2.75, 3.05) is 5.73 Å². The number of halogens is 2. The molecule has 6 heteroatoms. The SMILES string of the molecule is Cc1cc2cc(Cl)ncc2[nH]1.Cc1ccc(C(=N)Cl)c(N)c1. The third kappa shape index (κ3) is 4.00. The molecule has 0 fully saturated rings. The van der Waals surface area contributed by atoms with E-state index in [0.29, 0.717) is 16.4 Å². The maximum absolute atomic E-state index is 7.13. The summed E-state index contributed by atoms with van der Waals surface area (Å²) in [5.74, 6) is 0. The molecule has 0 spiro atoms. The summed E-state index contributed by atoms with van der Waals surface area (Å²) >= 11 is 11.2. The number of nitrogens with two attached hydrogens (primary N) is 1. The lowest BCUT2D eigenvalue weighted by Crippen LogP contribution is -1.97. The van der Waals surface area contributed by atoms with Gasteiger partial charge in [-0.2, -0.15) is 0 Å². The average Bonchev–Trinajstić information content (AvgIpc) is 2.78. The summed E-state index contributed by atoms with van der Waals surface area (Å²) in [6.45, 7) is 3.95. The third-order valence-corrected chi connectivity index (χ3v) is 3.46. The van der Waals surface area contributed by atoms with Gasteiger partial charge in [-0.05, 0) is 43.7 Å². The summed E-state index contributed by atoms with van der Waals surface area (Å²) < 4.78 is 0. The van der Waals surface area contributed by atoms with E-state index < -0.39 is 0 Å². The van der Waals surface area contributed by atoms with Crippen LogP contribution in [0, 0.1) is 19.3 Å². The van der Waals surface area contributed by atoms with Crippen LogP contribution >= 0.6 is 23.2 Å². The summed E-state index contributed by atoms with van der Waals surface area (Å²) in [7, 11) is 0. The van der Waals surface area contributed by atoms with Crippen LogP contribution in [0.1, 0.15) is 16.8 Å². The molecule has 0 saturated heterocycles. The van der Waals surface area contributed by atoms with Gasteiger partial charge in [-0.25, -0.2) is 4.98 Å². The number of rotatable bonds is 1. The Morgan fingerprint density at radius 2 is 1.95 bits per heavy atom. The van der Waals surface area contributed by atoms with E-state index in [1.165, 1.54) is 0 Å². The molecule has 2 heterocycles. The first-order valence-electron chi connectivity index (χ1n) is 6.58. The van der Waals surface area contributed by atoms with Gasteiger partial charge in [0, 0.05) is 22.3 Å². The topological polar surface area (TPSA) is 78.5 Å². The van der Waals surface area contributed by atoms with Crippen molar-refractivity contribution in [2.24, 2.45) is 0 Å². The van der Waals surface area contributed by atoms with Crippen LogP contribution in [0.25, 0.3) is 10.9 Å². The standard InChI is InChI=1S/C8H7ClN2.C8H9ClN2/c1-5-2-6-3-8(9)10-4-7(6)11-5;1-5-2-3-6(8(9)11)7(10)4-5/h2-4,11H,1H3;2-4,11H,10H2,1H3. The molecule has 0 radical (unpaired) electrons. The van der Waals surface area contributed by atoms with Crippen molar-refractivity contribution in [1.82, 2.24) is 9.97 Å². The molecular weight excluding hydrogens is 319 g/mol. The lowest BCUT2D eigenvalue weighted by atomic mass is 10.1. The summed E-state index contributed by atoms with van der Waals surface area (Å²) in [5.41, 5.74) is 9.99. The number of benzene rings is 1. The maximum atomic E-state index is 7.13. The Hall–Kier alpha value is -2.04. The van der Waals surface area contributed by atoms with Gasteiger partial charge in [-0.15, -0.1) is 0 Å². The predicted molar refractivity (Wildman–Crippen MR) is 94.1 cm³/mol. The minimum Gasteiger partial charge on any atom is -0.398 e. The molecule has 0 aliphatic heterocycles. The van der Waals surface area contributed by atoms with E-state index in [1.807, 2.05) is 32.0 Å². The van der Waals surface area contributed by atoms with Gasteiger partial charge >= 0.3 is 0 Å². The monoisotopic (exact) mass is 334 g/mol. The summed E-state index contributed by atoms with van der Waals surface area (Å²) in [4.78, 5) is 7.12. The third-order valence-electron chi connectivity index (χ3n) is 3.05. The number of nitrogens with one attached hydrogen (secondary N) is 2. The van der Waals surface area contributed by atoms with Crippen molar-refractivity contribution in [3.63, 3.8) is 0 Å². The zero-order chi connectivity index (χ0) is 16.3. The van der Waals surface area contributed by atoms with Crippen LogP contribution in [0.2, 0.25) is 5.15 Å². The average molecular weight is 335 g/mol. The van der Waals surface area contributed by atoms with Crippen molar-refractivity contribution in [3.8, 4) is 0 Å². The van der Waals surface area contributed by atoms with E-state index in [-0.39, 0.29) is 5.17 Å². The Morgan fingerprint density at radius 1 is 1.23 bits per heavy atom. The highest BCUT2D eigenvalue weighted by molar-refractivity contribution is 6.69. The number of H-pyrrole nitrogens is 1. The quantitative estimate of drug-likeness (QED) is 0.343. The molecule has 0 aliphatic carbocycles. The lowest BCUT2D eigenvalue weighted by Gasteiger charge is -2.01. The van der Waals surface area contributed by atoms with E-state index in [9.17, 15) is 0 Å². The maximum Gasteiger partial charge on any atom is 0.130 e. The number of aromatic amines is 1. The molecular formula is C16H16Cl2N4. The molecule has 22 heavy (non-hydrogen) atoms. The van der Waals surface area contributed by atoms with E-state index in [1.54, 1.807) is 18.3 Å². The number of hydrogen-bond donors (Lipinski definition) is 3. The van der Waals surface area contributed by atoms with Crippen molar-refractivity contribution in [2.45, 2.75) is 13.8 Å². The van der Waals surface area contributed by atoms with Crippen LogP contribution in [0.3, 0.4) is 0 Å². The molecule has 0 saturated carbocycles. The zero-order valence-electron chi connectivity index (χ0n) is 12.2. The molecule has 0 unspecified atom stereocenters. The van der Waals surface area contributed by atoms with Crippen molar-refractivity contribution < 1.29 is 0 Å². The first-order chi connectivity index (χ1) is 10.4. The fourth-order valence-corrected chi connectivity index (χ4v) is 2.37. The first kappa shape index (κ1) is 16.3. The Labute approximate surface area is 138 Å². The van der Waals surface area contributed by atoms with Crippen LogP contribution in [0.4, 0.5) is 5.69 Å². The van der Waals surface area contributed by atoms with Gasteiger partial charge in [0.15, 0.2) is 0 Å². The molecule has 0 bridgehead atoms. The highest BCUT2D eigenvalue weighted by Crippen LogP contribution is 2.17. The zero-order valence-corrected chi connectivity index (χ0v) is 13.8. The minimum absolute atomic E-state index is 0.0116. The van der Waals surface area contributed by atoms with Crippen molar-refractivity contribution >= 4 is 45.0 Å². The molecule has 3 aromatic rings. The number of hydrogen-bond acceptors (Lipinski definition) is 3. The Balaban J connectivity index is 0.000000160. The number of pyridine rings is 1. The number of nitrogens with zero attached hydrogens (tertiary/aromatic N) is 1. The van der Waals surface area contributed by atoms with Gasteiger partial charge in [0.2, 0.25) is 0 Å². The molecule has 1 aromatic carbocycles. The van der Waals surface area contributed by atoms with Gasteiger partial charge < -0.3 is 10.7 Å². The smallest absolute Gasteiger partial charge is 0.130 e. The van der Waals surface area contributed by atoms with Gasteiger partial charge in [-0.3, -0.25) is 5.41 Å². The highest BCUT2D eigenvalue weighted by atomic mass is 35.5. The second-order valence-electron chi connectivity index (χ2n) is 4.95. The second-order valence-corrected chi connectivity index (χ2v) is 5.72. The van der Waals surface area contributed by atoms with E-state index in [0.717, 1.165) is 22.2 Å². The number of fused-ring (bicyclic) bond motifs is 1. The molecule has 0 atom stereocenters. The molecule has 114 valence electrons.